The number of nitrogens with one attached hydrogen (secondary N) is 1. The van der Waals surface area contributed by atoms with Crippen LogP contribution in [0.1, 0.15) is 37.2 Å². The van der Waals surface area contributed by atoms with Gasteiger partial charge in [-0.1, -0.05) is 25.1 Å². The lowest BCUT2D eigenvalue weighted by Crippen LogP contribution is -2.55. The Morgan fingerprint density at radius 2 is 1.61 bits per heavy atom. The van der Waals surface area contributed by atoms with Crippen LogP contribution in [0.5, 0.6) is 5.88 Å². The smallest absolute Gasteiger partial charge is 0.481 e. The fourth-order valence-electron chi connectivity index (χ4n) is 5.10. The number of amides is 3. The van der Waals surface area contributed by atoms with Gasteiger partial charge in [0, 0.05) is 51.8 Å². The molecule has 2 fully saturated rings. The molecule has 2 aromatic rings. The third-order valence-electron chi connectivity index (χ3n) is 7.69. The summed E-state index contributed by atoms with van der Waals surface area (Å²) >= 11 is 0. The minimum Gasteiger partial charge on any atom is -0.481 e. The van der Waals surface area contributed by atoms with Gasteiger partial charge in [0.05, 0.1) is 25.4 Å². The Balaban J connectivity index is 1.44. The highest BCUT2D eigenvalue weighted by Gasteiger charge is 2.31. The lowest BCUT2D eigenvalue weighted by molar-refractivity contribution is -0.157. The molecule has 3 heterocycles. The Morgan fingerprint density at radius 3 is 2.24 bits per heavy atom. The van der Waals surface area contributed by atoms with Crippen LogP contribution in [0, 0.1) is 0 Å². The topological polar surface area (TPSA) is 176 Å². The van der Waals surface area contributed by atoms with Crippen molar-refractivity contribution in [3.63, 3.8) is 0 Å². The van der Waals surface area contributed by atoms with E-state index in [1.807, 2.05) is 6.07 Å². The second-order valence-electron chi connectivity index (χ2n) is 10.7. The molecule has 1 aromatic heterocycles. The third kappa shape index (κ3) is 9.40. The van der Waals surface area contributed by atoms with Crippen molar-refractivity contribution in [1.82, 2.24) is 34.9 Å². The molecule has 0 bridgehead atoms. The van der Waals surface area contributed by atoms with Crippen molar-refractivity contribution in [1.29, 1.82) is 0 Å². The quantitative estimate of drug-likeness (QED) is 0.291. The molecule has 2 N–H and O–H groups in total. The van der Waals surface area contributed by atoms with Crippen LogP contribution in [-0.4, -0.2) is 143 Å². The van der Waals surface area contributed by atoms with Gasteiger partial charge >= 0.3 is 12.1 Å². The number of hydroxylamine groups is 2. The molecule has 16 heteroatoms. The van der Waals surface area contributed by atoms with Gasteiger partial charge in [0.25, 0.3) is 11.8 Å². The van der Waals surface area contributed by atoms with Gasteiger partial charge in [0.15, 0.2) is 12.3 Å². The maximum absolute atomic E-state index is 13.4. The van der Waals surface area contributed by atoms with Crippen molar-refractivity contribution in [2.24, 2.45) is 0 Å². The summed E-state index contributed by atoms with van der Waals surface area (Å²) in [4.78, 5) is 73.3. The summed E-state index contributed by atoms with van der Waals surface area (Å²) in [5.41, 5.74) is 0.505. The van der Waals surface area contributed by atoms with Crippen molar-refractivity contribution in [2.75, 3.05) is 72.1 Å². The van der Waals surface area contributed by atoms with E-state index in [2.05, 4.69) is 22.2 Å². The summed E-state index contributed by atoms with van der Waals surface area (Å²) < 4.78 is 12.1. The number of carboxylic acid groups (broad SMARTS) is 1. The van der Waals surface area contributed by atoms with E-state index < -0.39 is 30.0 Å². The van der Waals surface area contributed by atoms with Crippen molar-refractivity contribution in [3.05, 3.63) is 42.1 Å². The molecule has 2 aliphatic rings. The van der Waals surface area contributed by atoms with Gasteiger partial charge in [-0.15, -0.1) is 5.06 Å². The lowest BCUT2D eigenvalue weighted by Gasteiger charge is -2.35. The highest BCUT2D eigenvalue weighted by molar-refractivity contribution is 5.96. The number of carbonyl (C=O) groups excluding carboxylic acids is 4. The monoisotopic (exact) mass is 643 g/mol. The lowest BCUT2D eigenvalue weighted by atomic mass is 10.1. The maximum atomic E-state index is 13.4. The number of hydrogen-bond donors (Lipinski definition) is 2. The summed E-state index contributed by atoms with van der Waals surface area (Å²) in [7, 11) is 0. The number of para-hydroxylation sites is 1. The number of carbonyl (C=O) groups is 5. The summed E-state index contributed by atoms with van der Waals surface area (Å²) in [5.74, 6) is -2.34. The molecule has 3 amide bonds. The third-order valence-corrected chi connectivity index (χ3v) is 7.69. The van der Waals surface area contributed by atoms with Gasteiger partial charge in [0.2, 0.25) is 11.8 Å². The standard InChI is InChI=1S/C30H41N7O9/c1-3-33-12-14-34(15-13-33)25(38)21-45-26-20-24(32-37(26)22-8-6-5-7-9-22)28(41)31-23(10-11-27(39)40)29(42)35-16-18-36(19-17-35)46-30(43)44-4-2/h5-9,20,23H,3-4,10-19,21H2,1-2H3,(H,31,41)(H,39,40)/t23-/m0/s1. The maximum Gasteiger partial charge on any atom is 0.527 e. The molecule has 0 unspecified atom stereocenters. The van der Waals surface area contributed by atoms with Crippen LogP contribution in [0.2, 0.25) is 0 Å². The van der Waals surface area contributed by atoms with Crippen LogP contribution in [-0.2, 0) is 24.0 Å². The highest BCUT2D eigenvalue weighted by Crippen LogP contribution is 2.20. The van der Waals surface area contributed by atoms with Gasteiger partial charge in [0.1, 0.15) is 6.04 Å². The molecule has 0 saturated carbocycles. The van der Waals surface area contributed by atoms with Gasteiger partial charge in [-0.3, -0.25) is 19.2 Å². The summed E-state index contributed by atoms with van der Waals surface area (Å²) in [6, 6.07) is 9.15. The van der Waals surface area contributed by atoms with E-state index in [0.717, 1.165) is 19.6 Å². The fraction of sp³-hybridized carbons (Fsp3) is 0.533. The zero-order valence-corrected chi connectivity index (χ0v) is 26.1. The number of rotatable bonds is 13. The Labute approximate surface area is 266 Å². The highest BCUT2D eigenvalue weighted by atomic mass is 16.8. The van der Waals surface area contributed by atoms with Crippen LogP contribution in [0.15, 0.2) is 36.4 Å². The molecule has 1 atom stereocenters. The van der Waals surface area contributed by atoms with Crippen LogP contribution in [0.3, 0.4) is 0 Å². The number of aliphatic carboxylic acids is 1. The van der Waals surface area contributed by atoms with E-state index >= 15 is 0 Å². The minimum atomic E-state index is -1.16. The number of benzene rings is 1. The largest absolute Gasteiger partial charge is 0.527 e. The molecule has 0 radical (unpaired) electrons. The van der Waals surface area contributed by atoms with E-state index in [0.29, 0.717) is 18.8 Å². The minimum absolute atomic E-state index is 0.0800. The van der Waals surface area contributed by atoms with E-state index in [1.54, 1.807) is 36.1 Å². The number of nitrogens with zero attached hydrogens (tertiary/aromatic N) is 6. The van der Waals surface area contributed by atoms with Gasteiger partial charge in [-0.2, -0.15) is 5.10 Å². The van der Waals surface area contributed by atoms with Crippen molar-refractivity contribution >= 4 is 29.8 Å². The summed E-state index contributed by atoms with van der Waals surface area (Å²) in [5, 5.41) is 17.7. The van der Waals surface area contributed by atoms with Gasteiger partial charge < -0.3 is 39.4 Å². The molecular weight excluding hydrogens is 602 g/mol. The number of piperazine rings is 2. The molecule has 250 valence electrons. The second kappa shape index (κ2) is 16.6. The van der Waals surface area contributed by atoms with Crippen molar-refractivity contribution < 1.29 is 43.4 Å². The first-order chi connectivity index (χ1) is 22.2. The molecule has 16 nitrogen and oxygen atoms in total. The zero-order chi connectivity index (χ0) is 33.1. The van der Waals surface area contributed by atoms with Crippen molar-refractivity contribution in [3.8, 4) is 11.6 Å². The average Bonchev–Trinajstić information content (AvgIpc) is 3.50. The summed E-state index contributed by atoms with van der Waals surface area (Å²) in [6.45, 7) is 8.10. The van der Waals surface area contributed by atoms with Crippen LogP contribution >= 0.6 is 0 Å². The van der Waals surface area contributed by atoms with E-state index in [4.69, 9.17) is 14.3 Å². The number of aromatic nitrogens is 2. The van der Waals surface area contributed by atoms with E-state index in [1.165, 1.54) is 20.7 Å². The molecule has 0 spiro atoms. The van der Waals surface area contributed by atoms with E-state index in [9.17, 15) is 29.1 Å². The first-order valence-corrected chi connectivity index (χ1v) is 15.4. The number of ether oxygens (including phenoxy) is 2. The predicted molar refractivity (Wildman–Crippen MR) is 162 cm³/mol. The van der Waals surface area contributed by atoms with Crippen LogP contribution < -0.4 is 10.1 Å². The summed E-state index contributed by atoms with van der Waals surface area (Å²) in [6.07, 6.45) is -1.35. The molecule has 0 aliphatic carbocycles. The molecule has 1 aromatic carbocycles. The van der Waals surface area contributed by atoms with Crippen LogP contribution in [0.4, 0.5) is 4.79 Å². The normalized spacial score (nSPS) is 16.4. The number of likely N-dealkylation sites (N-methyl/N-ethyl adjacent to an activating group) is 1. The van der Waals surface area contributed by atoms with Crippen LogP contribution in [0.25, 0.3) is 5.69 Å². The Bertz CT molecular complexity index is 1350. The number of hydrogen-bond acceptors (Lipinski definition) is 11. The SMILES string of the molecule is CCOC(=O)ON1CCN(C(=O)[C@H](CCC(=O)O)NC(=O)c2cc(OCC(=O)N3CCN(CC)CC3)n(-c3ccccc3)n2)CC1. The molecule has 2 aliphatic heterocycles. The Morgan fingerprint density at radius 1 is 0.935 bits per heavy atom. The first kappa shape index (κ1) is 34.2. The van der Waals surface area contributed by atoms with Crippen molar-refractivity contribution in [2.45, 2.75) is 32.7 Å². The molecule has 2 saturated heterocycles. The zero-order valence-electron chi connectivity index (χ0n) is 26.1. The number of carboxylic acids is 1. The first-order valence-electron chi connectivity index (χ1n) is 15.4. The fourth-order valence-corrected chi connectivity index (χ4v) is 5.10. The Kier molecular flexibility index (Phi) is 12.3. The molecular formula is C30H41N7O9. The second-order valence-corrected chi connectivity index (χ2v) is 10.7. The molecule has 46 heavy (non-hydrogen) atoms. The van der Waals surface area contributed by atoms with Gasteiger partial charge in [-0.05, 0) is 32.0 Å². The Hall–Kier alpha value is -4.70. The predicted octanol–water partition coefficient (Wildman–Crippen LogP) is 0.611. The average molecular weight is 644 g/mol. The van der Waals surface area contributed by atoms with E-state index in [-0.39, 0.29) is 69.7 Å². The molecule has 4 rings (SSSR count). The van der Waals surface area contributed by atoms with Gasteiger partial charge in [-0.25, -0.2) is 9.48 Å².